The standard InChI is InChI=1S/C14H11NO3S2/c1-2-6-15-12(16)11(20-14(15)19)8-9-4-3-5-10(7-9)13(17)18/h2-5,7-8H,1,6H2,(H,17,18)/b11-8-. The molecule has 1 aliphatic rings. The zero-order valence-electron chi connectivity index (χ0n) is 10.4. The Bertz CT molecular complexity index is 637. The quantitative estimate of drug-likeness (QED) is 0.526. The highest BCUT2D eigenvalue weighted by Gasteiger charge is 2.30. The van der Waals surface area contributed by atoms with Crippen LogP contribution in [0.4, 0.5) is 0 Å². The van der Waals surface area contributed by atoms with Crippen LogP contribution in [0.3, 0.4) is 0 Å². The zero-order valence-corrected chi connectivity index (χ0v) is 12.0. The molecule has 0 spiro atoms. The third kappa shape index (κ3) is 2.97. The van der Waals surface area contributed by atoms with Crippen LogP contribution in [0.15, 0.2) is 41.8 Å². The highest BCUT2D eigenvalue weighted by molar-refractivity contribution is 8.26. The van der Waals surface area contributed by atoms with Crippen LogP contribution >= 0.6 is 24.0 Å². The van der Waals surface area contributed by atoms with Gasteiger partial charge in [0.1, 0.15) is 4.32 Å². The molecule has 0 aromatic heterocycles. The van der Waals surface area contributed by atoms with Gasteiger partial charge in [0.2, 0.25) is 0 Å². The van der Waals surface area contributed by atoms with Crippen molar-refractivity contribution in [2.24, 2.45) is 0 Å². The Labute approximate surface area is 125 Å². The smallest absolute Gasteiger partial charge is 0.335 e. The topological polar surface area (TPSA) is 57.6 Å². The van der Waals surface area contributed by atoms with Gasteiger partial charge in [-0.1, -0.05) is 42.2 Å². The first-order chi connectivity index (χ1) is 9.52. The molecular formula is C14H11NO3S2. The number of thioether (sulfide) groups is 1. The number of amides is 1. The molecule has 1 amide bonds. The van der Waals surface area contributed by atoms with Crippen LogP contribution < -0.4 is 0 Å². The average molecular weight is 305 g/mol. The Morgan fingerprint density at radius 1 is 1.50 bits per heavy atom. The van der Waals surface area contributed by atoms with E-state index in [9.17, 15) is 9.59 Å². The van der Waals surface area contributed by atoms with Crippen LogP contribution in [0.1, 0.15) is 15.9 Å². The molecule has 2 rings (SSSR count). The van der Waals surface area contributed by atoms with Gasteiger partial charge in [-0.3, -0.25) is 9.69 Å². The van der Waals surface area contributed by atoms with E-state index >= 15 is 0 Å². The SMILES string of the molecule is C=CCN1C(=O)/C(=C/c2cccc(C(=O)O)c2)SC1=S. The van der Waals surface area contributed by atoms with E-state index in [2.05, 4.69) is 6.58 Å². The van der Waals surface area contributed by atoms with Gasteiger partial charge in [-0.05, 0) is 23.8 Å². The van der Waals surface area contributed by atoms with Crippen molar-refractivity contribution >= 4 is 46.3 Å². The first-order valence-corrected chi connectivity index (χ1v) is 6.95. The molecule has 102 valence electrons. The van der Waals surface area contributed by atoms with Crippen molar-refractivity contribution in [3.05, 3.63) is 53.0 Å². The Kier molecular flexibility index (Phi) is 4.36. The number of rotatable bonds is 4. The first-order valence-electron chi connectivity index (χ1n) is 5.72. The number of carboxylic acids is 1. The lowest BCUT2D eigenvalue weighted by Gasteiger charge is -2.10. The van der Waals surface area contributed by atoms with Gasteiger partial charge in [-0.2, -0.15) is 0 Å². The second-order valence-corrected chi connectivity index (χ2v) is 5.69. The molecule has 1 aromatic rings. The van der Waals surface area contributed by atoms with Crippen LogP contribution in [-0.4, -0.2) is 32.7 Å². The maximum Gasteiger partial charge on any atom is 0.335 e. The fourth-order valence-electron chi connectivity index (χ4n) is 1.70. The Morgan fingerprint density at radius 2 is 2.25 bits per heavy atom. The van der Waals surface area contributed by atoms with Crippen LogP contribution in [0.2, 0.25) is 0 Å². The minimum atomic E-state index is -1.00. The van der Waals surface area contributed by atoms with Gasteiger partial charge in [-0.15, -0.1) is 6.58 Å². The summed E-state index contributed by atoms with van der Waals surface area (Å²) >= 11 is 6.33. The third-order valence-corrected chi connectivity index (χ3v) is 3.99. The molecule has 0 radical (unpaired) electrons. The van der Waals surface area contributed by atoms with E-state index in [1.807, 2.05) is 0 Å². The summed E-state index contributed by atoms with van der Waals surface area (Å²) in [5.41, 5.74) is 0.837. The van der Waals surface area contributed by atoms with Gasteiger partial charge in [0.15, 0.2) is 0 Å². The molecule has 1 heterocycles. The van der Waals surface area contributed by atoms with Gasteiger partial charge in [0, 0.05) is 6.54 Å². The lowest BCUT2D eigenvalue weighted by atomic mass is 10.1. The summed E-state index contributed by atoms with van der Waals surface area (Å²) in [6.45, 7) is 3.96. The van der Waals surface area contributed by atoms with Gasteiger partial charge < -0.3 is 5.11 Å². The largest absolute Gasteiger partial charge is 0.478 e. The molecule has 0 saturated carbocycles. The Hall–Kier alpha value is -1.92. The molecule has 0 atom stereocenters. The average Bonchev–Trinajstić information content (AvgIpc) is 2.67. The summed E-state index contributed by atoms with van der Waals surface area (Å²) in [7, 11) is 0. The second kappa shape index (κ2) is 6.02. The number of aromatic carboxylic acids is 1. The summed E-state index contributed by atoms with van der Waals surface area (Å²) in [6.07, 6.45) is 3.26. The molecule has 1 aromatic carbocycles. The second-order valence-electron chi connectivity index (χ2n) is 4.01. The highest BCUT2D eigenvalue weighted by Crippen LogP contribution is 2.32. The number of hydrogen-bond acceptors (Lipinski definition) is 4. The number of nitrogens with zero attached hydrogens (tertiary/aromatic N) is 1. The van der Waals surface area contributed by atoms with Gasteiger partial charge in [0.05, 0.1) is 10.5 Å². The maximum absolute atomic E-state index is 12.1. The predicted molar refractivity (Wildman–Crippen MR) is 83.5 cm³/mol. The van der Waals surface area contributed by atoms with E-state index in [4.69, 9.17) is 17.3 Å². The minimum absolute atomic E-state index is 0.180. The molecule has 1 fully saturated rings. The van der Waals surface area contributed by atoms with Crippen molar-refractivity contribution in [1.29, 1.82) is 0 Å². The lowest BCUT2D eigenvalue weighted by Crippen LogP contribution is -2.27. The molecule has 1 N–H and O–H groups in total. The van der Waals surface area contributed by atoms with E-state index in [0.717, 1.165) is 0 Å². The van der Waals surface area contributed by atoms with E-state index in [0.29, 0.717) is 21.3 Å². The Morgan fingerprint density at radius 3 is 2.90 bits per heavy atom. The van der Waals surface area contributed by atoms with Crippen LogP contribution in [0.25, 0.3) is 6.08 Å². The monoisotopic (exact) mass is 305 g/mol. The zero-order chi connectivity index (χ0) is 14.7. The molecule has 1 saturated heterocycles. The Balaban J connectivity index is 2.30. The number of thiocarbonyl (C=S) groups is 1. The van der Waals surface area contributed by atoms with Crippen LogP contribution in [0.5, 0.6) is 0 Å². The molecular weight excluding hydrogens is 294 g/mol. The van der Waals surface area contributed by atoms with Gasteiger partial charge in [0.25, 0.3) is 5.91 Å². The third-order valence-electron chi connectivity index (χ3n) is 2.62. The summed E-state index contributed by atoms with van der Waals surface area (Å²) in [6, 6.07) is 6.40. The molecule has 0 unspecified atom stereocenters. The van der Waals surface area contributed by atoms with Gasteiger partial charge >= 0.3 is 5.97 Å². The van der Waals surface area contributed by atoms with E-state index < -0.39 is 5.97 Å². The van der Waals surface area contributed by atoms with E-state index in [1.54, 1.807) is 24.3 Å². The van der Waals surface area contributed by atoms with Crippen molar-refractivity contribution in [1.82, 2.24) is 4.90 Å². The van der Waals surface area contributed by atoms with E-state index in [-0.39, 0.29) is 11.5 Å². The number of hydrogen-bond donors (Lipinski definition) is 1. The molecule has 1 aliphatic heterocycles. The first kappa shape index (κ1) is 14.5. The summed E-state index contributed by atoms with van der Waals surface area (Å²) in [5.74, 6) is -1.18. The van der Waals surface area contributed by atoms with Crippen molar-refractivity contribution in [3.8, 4) is 0 Å². The summed E-state index contributed by atoms with van der Waals surface area (Å²) in [5, 5.41) is 8.94. The van der Waals surface area contributed by atoms with Crippen LogP contribution in [0, 0.1) is 0 Å². The van der Waals surface area contributed by atoms with Crippen molar-refractivity contribution in [3.63, 3.8) is 0 Å². The van der Waals surface area contributed by atoms with Crippen molar-refractivity contribution < 1.29 is 14.7 Å². The lowest BCUT2D eigenvalue weighted by molar-refractivity contribution is -0.121. The molecule has 20 heavy (non-hydrogen) atoms. The maximum atomic E-state index is 12.1. The highest BCUT2D eigenvalue weighted by atomic mass is 32.2. The number of carboxylic acid groups (broad SMARTS) is 1. The van der Waals surface area contributed by atoms with Crippen LogP contribution in [-0.2, 0) is 4.79 Å². The van der Waals surface area contributed by atoms with Crippen molar-refractivity contribution in [2.75, 3.05) is 6.54 Å². The van der Waals surface area contributed by atoms with Crippen molar-refractivity contribution in [2.45, 2.75) is 0 Å². The summed E-state index contributed by atoms with van der Waals surface area (Å²) < 4.78 is 0.482. The number of carbonyl (C=O) groups excluding carboxylic acids is 1. The predicted octanol–water partition coefficient (Wildman–Crippen LogP) is 2.77. The fourth-order valence-corrected chi connectivity index (χ4v) is 2.97. The van der Waals surface area contributed by atoms with Gasteiger partial charge in [-0.25, -0.2) is 4.79 Å². The molecule has 6 heteroatoms. The summed E-state index contributed by atoms with van der Waals surface area (Å²) in [4.78, 5) is 25.0. The fraction of sp³-hybridized carbons (Fsp3) is 0.0714. The normalized spacial score (nSPS) is 16.8. The molecule has 0 bridgehead atoms. The van der Waals surface area contributed by atoms with E-state index in [1.165, 1.54) is 28.8 Å². The molecule has 4 nitrogen and oxygen atoms in total. The molecule has 0 aliphatic carbocycles. The minimum Gasteiger partial charge on any atom is -0.478 e. The number of benzene rings is 1. The number of carbonyl (C=O) groups is 2.